The zero-order chi connectivity index (χ0) is 22.5. The monoisotopic (exact) mass is 429 g/mol. The van der Waals surface area contributed by atoms with Crippen LogP contribution >= 0.6 is 0 Å². The average Bonchev–Trinajstić information content (AvgIpc) is 2.77. The molecule has 0 spiro atoms. The van der Waals surface area contributed by atoms with Crippen LogP contribution in [0, 0.1) is 12.7 Å². The van der Waals surface area contributed by atoms with Gasteiger partial charge in [-0.1, -0.05) is 18.2 Å². The molecule has 0 aliphatic heterocycles. The van der Waals surface area contributed by atoms with Gasteiger partial charge < -0.3 is 21.1 Å². The van der Waals surface area contributed by atoms with E-state index >= 15 is 0 Å². The molecule has 4 rings (SSSR count). The van der Waals surface area contributed by atoms with Crippen molar-refractivity contribution < 1.29 is 13.9 Å². The quantitative estimate of drug-likeness (QED) is 0.385. The van der Waals surface area contributed by atoms with E-state index in [1.165, 1.54) is 24.4 Å². The van der Waals surface area contributed by atoms with Gasteiger partial charge in [-0.2, -0.15) is 0 Å². The number of carbonyl (C=O) groups is 1. The summed E-state index contributed by atoms with van der Waals surface area (Å²) < 4.78 is 20.2. The highest BCUT2D eigenvalue weighted by atomic mass is 19.1. The largest absolute Gasteiger partial charge is 0.454 e. The lowest BCUT2D eigenvalue weighted by molar-refractivity contribution is 0.102. The van der Waals surface area contributed by atoms with Crippen molar-refractivity contribution in [3.63, 3.8) is 0 Å². The van der Waals surface area contributed by atoms with Crippen LogP contribution < -0.4 is 21.1 Å². The Morgan fingerprint density at radius 3 is 2.56 bits per heavy atom. The van der Waals surface area contributed by atoms with Crippen LogP contribution in [0.5, 0.6) is 11.5 Å². The lowest BCUT2D eigenvalue weighted by atomic mass is 10.1. The van der Waals surface area contributed by atoms with E-state index in [0.717, 1.165) is 5.56 Å². The number of nitrogens with two attached hydrogens (primary N) is 1. The number of ether oxygens (including phenoxy) is 1. The van der Waals surface area contributed by atoms with Gasteiger partial charge in [0.1, 0.15) is 17.4 Å². The first kappa shape index (κ1) is 20.8. The predicted molar refractivity (Wildman–Crippen MR) is 122 cm³/mol. The molecule has 0 unspecified atom stereocenters. The van der Waals surface area contributed by atoms with Crippen molar-refractivity contribution in [1.82, 2.24) is 9.97 Å². The molecule has 32 heavy (non-hydrogen) atoms. The minimum Gasteiger partial charge on any atom is -0.454 e. The van der Waals surface area contributed by atoms with Crippen molar-refractivity contribution in [3.05, 3.63) is 96.1 Å². The van der Waals surface area contributed by atoms with Gasteiger partial charge in [-0.25, -0.2) is 14.4 Å². The number of nitrogens with one attached hydrogen (secondary N) is 2. The molecule has 160 valence electrons. The highest BCUT2D eigenvalue weighted by Gasteiger charge is 2.15. The standard InChI is InChI=1S/C24H20FN5O2/c1-15-11-19(24(31)30-16-5-3-2-4-6-16)23(28-14-15)29-17-7-8-21(20(25)12-17)32-18-9-10-27-22(26)13-18/h2-14H,1H3,(H2,26,27)(H,28,29)(H,30,31). The molecular weight excluding hydrogens is 409 g/mol. The average molecular weight is 429 g/mol. The molecule has 0 aliphatic rings. The Morgan fingerprint density at radius 1 is 1.00 bits per heavy atom. The second-order valence-corrected chi connectivity index (χ2v) is 7.02. The Morgan fingerprint density at radius 2 is 1.81 bits per heavy atom. The fraction of sp³-hybridized carbons (Fsp3) is 0.0417. The number of aromatic nitrogens is 2. The van der Waals surface area contributed by atoms with Gasteiger partial charge in [0.25, 0.3) is 5.91 Å². The number of amides is 1. The number of para-hydroxylation sites is 1. The molecule has 0 bridgehead atoms. The third kappa shape index (κ3) is 4.99. The topological polar surface area (TPSA) is 102 Å². The van der Waals surface area contributed by atoms with Gasteiger partial charge in [-0.05, 0) is 48.9 Å². The Kier molecular flexibility index (Phi) is 5.94. The third-order valence-electron chi connectivity index (χ3n) is 4.48. The Bertz CT molecular complexity index is 1260. The lowest BCUT2D eigenvalue weighted by Gasteiger charge is -2.13. The molecule has 0 saturated heterocycles. The van der Waals surface area contributed by atoms with E-state index in [1.807, 2.05) is 25.1 Å². The first-order valence-corrected chi connectivity index (χ1v) is 9.77. The van der Waals surface area contributed by atoms with E-state index in [9.17, 15) is 9.18 Å². The van der Waals surface area contributed by atoms with E-state index < -0.39 is 5.82 Å². The molecule has 0 saturated carbocycles. The van der Waals surface area contributed by atoms with Crippen molar-refractivity contribution in [2.24, 2.45) is 0 Å². The van der Waals surface area contributed by atoms with Crippen LogP contribution in [0.25, 0.3) is 0 Å². The lowest BCUT2D eigenvalue weighted by Crippen LogP contribution is -2.15. The number of benzene rings is 2. The predicted octanol–water partition coefficient (Wildman–Crippen LogP) is 5.29. The number of halogens is 1. The van der Waals surface area contributed by atoms with Crippen LogP contribution in [0.3, 0.4) is 0 Å². The van der Waals surface area contributed by atoms with Gasteiger partial charge in [-0.3, -0.25) is 4.79 Å². The molecule has 2 aromatic heterocycles. The number of aryl methyl sites for hydroxylation is 1. The molecule has 0 aliphatic carbocycles. The van der Waals surface area contributed by atoms with Crippen LogP contribution in [-0.4, -0.2) is 15.9 Å². The Hall–Kier alpha value is -4.46. The van der Waals surface area contributed by atoms with Crippen molar-refractivity contribution in [3.8, 4) is 11.5 Å². The molecule has 8 heteroatoms. The Balaban J connectivity index is 1.55. The smallest absolute Gasteiger partial charge is 0.259 e. The molecule has 4 N–H and O–H groups in total. The summed E-state index contributed by atoms with van der Waals surface area (Å²) in [6.45, 7) is 1.84. The fourth-order valence-electron chi connectivity index (χ4n) is 2.98. The molecule has 2 aromatic carbocycles. The maximum Gasteiger partial charge on any atom is 0.259 e. The van der Waals surface area contributed by atoms with Crippen LogP contribution in [0.1, 0.15) is 15.9 Å². The molecule has 4 aromatic rings. The summed E-state index contributed by atoms with van der Waals surface area (Å²) in [5.74, 6) is 0.0579. The zero-order valence-electron chi connectivity index (χ0n) is 17.2. The Labute approximate surface area is 184 Å². The summed E-state index contributed by atoms with van der Waals surface area (Å²) in [6, 6.07) is 18.3. The van der Waals surface area contributed by atoms with Crippen molar-refractivity contribution in [2.45, 2.75) is 6.92 Å². The SMILES string of the molecule is Cc1cnc(Nc2ccc(Oc3ccnc(N)c3)c(F)c2)c(C(=O)Nc2ccccc2)c1. The highest BCUT2D eigenvalue weighted by Crippen LogP contribution is 2.29. The number of hydrogen-bond donors (Lipinski definition) is 3. The summed E-state index contributed by atoms with van der Waals surface area (Å²) in [5.41, 5.74) is 7.85. The van der Waals surface area contributed by atoms with E-state index in [-0.39, 0.29) is 17.5 Å². The number of carbonyl (C=O) groups excluding carboxylic acids is 1. The molecule has 7 nitrogen and oxygen atoms in total. The van der Waals surface area contributed by atoms with Crippen LogP contribution in [0.15, 0.2) is 79.1 Å². The number of rotatable bonds is 6. The second-order valence-electron chi connectivity index (χ2n) is 7.02. The highest BCUT2D eigenvalue weighted by molar-refractivity contribution is 6.07. The molecule has 0 fully saturated rings. The third-order valence-corrected chi connectivity index (χ3v) is 4.48. The van der Waals surface area contributed by atoms with Gasteiger partial charge in [0.15, 0.2) is 11.6 Å². The number of nitrogen functional groups attached to an aromatic ring is 1. The molecular formula is C24H20FN5O2. The summed E-state index contributed by atoms with van der Waals surface area (Å²) >= 11 is 0. The van der Waals surface area contributed by atoms with E-state index in [0.29, 0.717) is 28.5 Å². The minimum absolute atomic E-state index is 0.0278. The van der Waals surface area contributed by atoms with Gasteiger partial charge in [0.05, 0.1) is 5.56 Å². The summed E-state index contributed by atoms with van der Waals surface area (Å²) in [5, 5.41) is 5.85. The van der Waals surface area contributed by atoms with Gasteiger partial charge in [-0.15, -0.1) is 0 Å². The van der Waals surface area contributed by atoms with Crippen molar-refractivity contribution in [2.75, 3.05) is 16.4 Å². The normalized spacial score (nSPS) is 10.4. The van der Waals surface area contributed by atoms with Crippen LogP contribution in [0.2, 0.25) is 0 Å². The minimum atomic E-state index is -0.590. The molecule has 0 radical (unpaired) electrons. The van der Waals surface area contributed by atoms with Crippen molar-refractivity contribution in [1.29, 1.82) is 0 Å². The molecule has 0 atom stereocenters. The van der Waals surface area contributed by atoms with Crippen LogP contribution in [-0.2, 0) is 0 Å². The maximum absolute atomic E-state index is 14.6. The van der Waals surface area contributed by atoms with Gasteiger partial charge in [0.2, 0.25) is 0 Å². The first-order chi connectivity index (χ1) is 15.5. The number of pyridine rings is 2. The van der Waals surface area contributed by atoms with Gasteiger partial charge >= 0.3 is 0 Å². The summed E-state index contributed by atoms with van der Waals surface area (Å²) in [7, 11) is 0. The summed E-state index contributed by atoms with van der Waals surface area (Å²) in [4.78, 5) is 21.0. The first-order valence-electron chi connectivity index (χ1n) is 9.77. The number of anilines is 4. The molecule has 2 heterocycles. The summed E-state index contributed by atoms with van der Waals surface area (Å²) in [6.07, 6.45) is 3.10. The number of nitrogens with zero attached hydrogens (tertiary/aromatic N) is 2. The zero-order valence-corrected chi connectivity index (χ0v) is 17.2. The second kappa shape index (κ2) is 9.13. The van der Waals surface area contributed by atoms with E-state index in [2.05, 4.69) is 20.6 Å². The van der Waals surface area contributed by atoms with Crippen molar-refractivity contribution >= 4 is 28.9 Å². The van der Waals surface area contributed by atoms with E-state index in [4.69, 9.17) is 10.5 Å². The molecule has 1 amide bonds. The van der Waals surface area contributed by atoms with Crippen LogP contribution in [0.4, 0.5) is 27.4 Å². The fourth-order valence-corrected chi connectivity index (χ4v) is 2.98. The van der Waals surface area contributed by atoms with E-state index in [1.54, 1.807) is 36.5 Å². The maximum atomic E-state index is 14.6. The number of hydrogen-bond acceptors (Lipinski definition) is 6. The van der Waals surface area contributed by atoms with Gasteiger partial charge in [0, 0.05) is 35.9 Å².